The summed E-state index contributed by atoms with van der Waals surface area (Å²) in [5, 5.41) is 18.1. The molecule has 1 aliphatic rings. The lowest BCUT2D eigenvalue weighted by atomic mass is 10.1. The van der Waals surface area contributed by atoms with Gasteiger partial charge in [-0.05, 0) is 36.4 Å². The van der Waals surface area contributed by atoms with E-state index in [1.54, 1.807) is 55.6 Å². The third-order valence-corrected chi connectivity index (χ3v) is 7.71. The van der Waals surface area contributed by atoms with Gasteiger partial charge in [0.1, 0.15) is 9.34 Å². The van der Waals surface area contributed by atoms with Crippen LogP contribution in [0.4, 0.5) is 23.1 Å². The number of hydrogen-bond donors (Lipinski definition) is 4. The van der Waals surface area contributed by atoms with Crippen molar-refractivity contribution in [1.82, 2.24) is 25.1 Å². The summed E-state index contributed by atoms with van der Waals surface area (Å²) < 4.78 is 0.755. The van der Waals surface area contributed by atoms with Crippen molar-refractivity contribution >= 4 is 74.9 Å². The molecule has 0 saturated carbocycles. The van der Waals surface area contributed by atoms with Crippen LogP contribution in [0.5, 0.6) is 0 Å². The molecule has 2 heterocycles. The molecule has 4 rings (SSSR count). The first-order chi connectivity index (χ1) is 18.9. The van der Waals surface area contributed by atoms with Crippen LogP contribution in [0.2, 0.25) is 5.02 Å². The molecule has 204 valence electrons. The molecule has 0 bridgehead atoms. The van der Waals surface area contributed by atoms with Crippen molar-refractivity contribution in [3.63, 3.8) is 0 Å². The van der Waals surface area contributed by atoms with Crippen LogP contribution in [0.25, 0.3) is 0 Å². The Kier molecular flexibility index (Phi) is 9.93. The van der Waals surface area contributed by atoms with Gasteiger partial charge >= 0.3 is 0 Å². The standard InChI is InChI=1S/C26H28ClN7O3S2/c1-28-23(36)19-4-2-3-5-21(19)31-22-20(27)16-29-25(32-22)30-18-8-6-17(7-9-18)24(37)33-10-12-34(13-11-33)26(38)39-15-14-35/h2-9,16,35H,10-15H2,1H3,(H,28,36)(H2,29,30,31,32). The van der Waals surface area contributed by atoms with Crippen LogP contribution in [0.3, 0.4) is 0 Å². The number of halogens is 1. The Bertz CT molecular complexity index is 1340. The molecule has 1 aromatic heterocycles. The molecule has 10 nitrogen and oxygen atoms in total. The molecule has 4 N–H and O–H groups in total. The number of benzene rings is 2. The molecule has 0 radical (unpaired) electrons. The van der Waals surface area contributed by atoms with Gasteiger partial charge in [-0.15, -0.1) is 0 Å². The number of aliphatic hydroxyl groups excluding tert-OH is 1. The highest BCUT2D eigenvalue weighted by molar-refractivity contribution is 8.22. The van der Waals surface area contributed by atoms with Crippen LogP contribution < -0.4 is 16.0 Å². The molecule has 2 aromatic carbocycles. The van der Waals surface area contributed by atoms with Crippen LogP contribution in [0, 0.1) is 0 Å². The van der Waals surface area contributed by atoms with Gasteiger partial charge in [-0.25, -0.2) is 4.98 Å². The zero-order chi connectivity index (χ0) is 27.8. The third-order valence-electron chi connectivity index (χ3n) is 5.93. The fourth-order valence-corrected chi connectivity index (χ4v) is 5.09. The fourth-order valence-electron chi connectivity index (χ4n) is 3.89. The number of piperazine rings is 1. The smallest absolute Gasteiger partial charge is 0.253 e. The van der Waals surface area contributed by atoms with Crippen LogP contribution in [0.1, 0.15) is 20.7 Å². The number of amides is 2. The quantitative estimate of drug-likeness (QED) is 0.291. The minimum atomic E-state index is -0.237. The molecule has 39 heavy (non-hydrogen) atoms. The summed E-state index contributed by atoms with van der Waals surface area (Å²) in [6, 6.07) is 14.1. The normalized spacial score (nSPS) is 13.1. The van der Waals surface area contributed by atoms with Crippen molar-refractivity contribution < 1.29 is 14.7 Å². The first-order valence-electron chi connectivity index (χ1n) is 12.2. The van der Waals surface area contributed by atoms with Gasteiger partial charge in [0.25, 0.3) is 11.8 Å². The van der Waals surface area contributed by atoms with Gasteiger partial charge in [0.2, 0.25) is 5.95 Å². The number of thiocarbonyl (C=S) groups is 1. The summed E-state index contributed by atoms with van der Waals surface area (Å²) in [5.74, 6) is 0.927. The van der Waals surface area contributed by atoms with E-state index in [0.29, 0.717) is 71.2 Å². The molecular formula is C26H28ClN7O3S2. The number of hydrogen-bond acceptors (Lipinski definition) is 9. The van der Waals surface area contributed by atoms with Gasteiger partial charge in [0.05, 0.1) is 24.1 Å². The van der Waals surface area contributed by atoms with E-state index in [1.165, 1.54) is 18.0 Å². The molecule has 2 amide bonds. The maximum absolute atomic E-state index is 13.0. The molecule has 0 aliphatic carbocycles. The molecule has 1 saturated heterocycles. The molecule has 0 atom stereocenters. The lowest BCUT2D eigenvalue weighted by Crippen LogP contribution is -2.49. The highest BCUT2D eigenvalue weighted by Crippen LogP contribution is 2.27. The number of thioether (sulfide) groups is 1. The Morgan fingerprint density at radius 2 is 1.74 bits per heavy atom. The highest BCUT2D eigenvalue weighted by Gasteiger charge is 2.23. The van der Waals surface area contributed by atoms with Gasteiger partial charge in [0.15, 0.2) is 5.82 Å². The van der Waals surface area contributed by atoms with Crippen molar-refractivity contribution in [3.05, 3.63) is 70.9 Å². The largest absolute Gasteiger partial charge is 0.396 e. The summed E-state index contributed by atoms with van der Waals surface area (Å²) in [4.78, 5) is 37.8. The van der Waals surface area contributed by atoms with Crippen molar-refractivity contribution in [3.8, 4) is 0 Å². The van der Waals surface area contributed by atoms with Crippen molar-refractivity contribution in [2.75, 3.05) is 56.2 Å². The first kappa shape index (κ1) is 28.6. The molecule has 3 aromatic rings. The van der Waals surface area contributed by atoms with E-state index in [9.17, 15) is 9.59 Å². The first-order valence-corrected chi connectivity index (χ1v) is 14.0. The van der Waals surface area contributed by atoms with E-state index < -0.39 is 0 Å². The predicted octanol–water partition coefficient (Wildman–Crippen LogP) is 3.75. The number of carbonyl (C=O) groups excluding carboxylic acids is 2. The number of rotatable bonds is 8. The van der Waals surface area contributed by atoms with E-state index in [0.717, 1.165) is 4.32 Å². The fraction of sp³-hybridized carbons (Fsp3) is 0.269. The number of aromatic nitrogens is 2. The number of aliphatic hydroxyl groups is 1. The third kappa shape index (κ3) is 7.35. The number of nitrogens with zero attached hydrogens (tertiary/aromatic N) is 4. The Balaban J connectivity index is 1.38. The molecule has 1 fully saturated rings. The maximum Gasteiger partial charge on any atom is 0.253 e. The van der Waals surface area contributed by atoms with Crippen LogP contribution >= 0.6 is 35.6 Å². The van der Waals surface area contributed by atoms with Gasteiger partial charge in [0, 0.05) is 50.2 Å². The average Bonchev–Trinajstić information content (AvgIpc) is 2.97. The molecule has 13 heteroatoms. The summed E-state index contributed by atoms with van der Waals surface area (Å²) in [6.07, 6.45) is 1.47. The minimum absolute atomic E-state index is 0.0425. The average molecular weight is 586 g/mol. The Morgan fingerprint density at radius 1 is 1.05 bits per heavy atom. The van der Waals surface area contributed by atoms with E-state index in [2.05, 4.69) is 30.8 Å². The minimum Gasteiger partial charge on any atom is -0.396 e. The molecule has 0 unspecified atom stereocenters. The second-order valence-corrected chi connectivity index (χ2v) is 10.6. The monoisotopic (exact) mass is 585 g/mol. The van der Waals surface area contributed by atoms with Crippen LogP contribution in [-0.2, 0) is 0 Å². The van der Waals surface area contributed by atoms with Crippen molar-refractivity contribution in [2.45, 2.75) is 0 Å². The molecule has 1 aliphatic heterocycles. The van der Waals surface area contributed by atoms with Crippen LogP contribution in [0.15, 0.2) is 54.7 Å². The van der Waals surface area contributed by atoms with Crippen LogP contribution in [-0.4, -0.2) is 86.6 Å². The van der Waals surface area contributed by atoms with E-state index >= 15 is 0 Å². The molecular weight excluding hydrogens is 558 g/mol. The van der Waals surface area contributed by atoms with Crippen molar-refractivity contribution in [2.24, 2.45) is 0 Å². The number of nitrogens with one attached hydrogen (secondary N) is 3. The summed E-state index contributed by atoms with van der Waals surface area (Å²) in [6.45, 7) is 2.58. The predicted molar refractivity (Wildman–Crippen MR) is 159 cm³/mol. The number of carbonyl (C=O) groups is 2. The summed E-state index contributed by atoms with van der Waals surface area (Å²) >= 11 is 13.2. The number of para-hydroxylation sites is 1. The van der Waals surface area contributed by atoms with Gasteiger partial charge in [-0.3, -0.25) is 9.59 Å². The van der Waals surface area contributed by atoms with Gasteiger partial charge in [-0.2, -0.15) is 4.98 Å². The lowest BCUT2D eigenvalue weighted by molar-refractivity contribution is 0.0695. The Hall–Kier alpha value is -3.45. The summed E-state index contributed by atoms with van der Waals surface area (Å²) in [7, 11) is 1.56. The SMILES string of the molecule is CNC(=O)c1ccccc1Nc1nc(Nc2ccc(C(=O)N3CCN(C(=S)SCCO)CC3)cc2)ncc1Cl. The second-order valence-electron chi connectivity index (χ2n) is 8.46. The lowest BCUT2D eigenvalue weighted by Gasteiger charge is -2.36. The molecule has 0 spiro atoms. The topological polar surface area (TPSA) is 123 Å². The van der Waals surface area contributed by atoms with E-state index in [-0.39, 0.29) is 18.4 Å². The van der Waals surface area contributed by atoms with Gasteiger partial charge < -0.3 is 30.9 Å². The number of anilines is 4. The zero-order valence-corrected chi connectivity index (χ0v) is 23.6. The van der Waals surface area contributed by atoms with E-state index in [1.807, 2.05) is 4.90 Å². The van der Waals surface area contributed by atoms with Gasteiger partial charge in [-0.1, -0.05) is 47.7 Å². The van der Waals surface area contributed by atoms with E-state index in [4.69, 9.17) is 28.9 Å². The maximum atomic E-state index is 13.0. The Labute approximate surface area is 241 Å². The second kappa shape index (κ2) is 13.6. The zero-order valence-electron chi connectivity index (χ0n) is 21.2. The Morgan fingerprint density at radius 3 is 2.44 bits per heavy atom. The highest BCUT2D eigenvalue weighted by atomic mass is 35.5. The van der Waals surface area contributed by atoms with Crippen molar-refractivity contribution in [1.29, 1.82) is 0 Å². The summed E-state index contributed by atoms with van der Waals surface area (Å²) in [5.41, 5.74) is 2.28.